The molecule has 1 amide bonds. The molecule has 0 heterocycles. The number of fused-ring (bicyclic) bond motifs is 1. The molecule has 8 nitrogen and oxygen atoms in total. The van der Waals surface area contributed by atoms with Crippen LogP contribution in [-0.4, -0.2) is 22.3 Å². The number of aryl methyl sites for hydroxylation is 1. The van der Waals surface area contributed by atoms with Crippen LogP contribution in [0.15, 0.2) is 91.0 Å². The summed E-state index contributed by atoms with van der Waals surface area (Å²) < 4.78 is 0. The van der Waals surface area contributed by atoms with Crippen molar-refractivity contribution >= 4 is 33.7 Å². The molecule has 0 aliphatic rings. The van der Waals surface area contributed by atoms with E-state index >= 15 is 0 Å². The maximum Gasteiger partial charge on any atom is 0.277 e. The van der Waals surface area contributed by atoms with E-state index in [0.717, 1.165) is 41.0 Å². The summed E-state index contributed by atoms with van der Waals surface area (Å²) in [6.07, 6.45) is 1.37. The number of benzene rings is 4. The summed E-state index contributed by atoms with van der Waals surface area (Å²) in [5.41, 5.74) is 0.639. The quantitative estimate of drug-likeness (QED) is 0.242. The van der Waals surface area contributed by atoms with Gasteiger partial charge in [0, 0.05) is 24.4 Å². The minimum Gasteiger partial charge on any atom is -0.308 e. The van der Waals surface area contributed by atoms with Crippen LogP contribution in [0.5, 0.6) is 0 Å². The van der Waals surface area contributed by atoms with Crippen molar-refractivity contribution in [2.45, 2.75) is 12.8 Å². The van der Waals surface area contributed by atoms with Gasteiger partial charge in [0.25, 0.3) is 17.3 Å². The molecule has 0 bridgehead atoms. The van der Waals surface area contributed by atoms with Gasteiger partial charge in [-0.05, 0) is 41.3 Å². The predicted molar refractivity (Wildman–Crippen MR) is 130 cm³/mol. The lowest BCUT2D eigenvalue weighted by Gasteiger charge is -2.23. The molecule has 0 saturated carbocycles. The molecule has 4 rings (SSSR count). The molecule has 0 aliphatic heterocycles. The normalized spacial score (nSPS) is 10.7. The smallest absolute Gasteiger partial charge is 0.277 e. The molecular weight excluding hydrogens is 434 g/mol. The van der Waals surface area contributed by atoms with Gasteiger partial charge in [-0.2, -0.15) is 0 Å². The second kappa shape index (κ2) is 9.91. The van der Waals surface area contributed by atoms with Gasteiger partial charge < -0.3 is 4.90 Å². The van der Waals surface area contributed by atoms with Gasteiger partial charge in [-0.25, -0.2) is 0 Å². The number of non-ortho nitro benzene ring substituents is 2. The van der Waals surface area contributed by atoms with Crippen molar-refractivity contribution in [2.75, 3.05) is 11.4 Å². The molecule has 0 spiro atoms. The largest absolute Gasteiger partial charge is 0.308 e. The van der Waals surface area contributed by atoms with E-state index in [1.807, 2.05) is 72.8 Å². The number of nitro groups is 2. The van der Waals surface area contributed by atoms with Gasteiger partial charge in [0.2, 0.25) is 0 Å². The Balaban J connectivity index is 1.71. The summed E-state index contributed by atoms with van der Waals surface area (Å²) >= 11 is 0. The highest BCUT2D eigenvalue weighted by atomic mass is 16.6. The van der Waals surface area contributed by atoms with Crippen molar-refractivity contribution in [3.63, 3.8) is 0 Å². The second-order valence-corrected chi connectivity index (χ2v) is 7.83. The van der Waals surface area contributed by atoms with Crippen molar-refractivity contribution in [1.29, 1.82) is 0 Å². The molecule has 0 fully saturated rings. The number of carbonyl (C=O) groups excluding carboxylic acids is 1. The van der Waals surface area contributed by atoms with E-state index in [0.29, 0.717) is 18.7 Å². The van der Waals surface area contributed by atoms with Crippen molar-refractivity contribution in [3.8, 4) is 0 Å². The van der Waals surface area contributed by atoms with Crippen LogP contribution < -0.4 is 4.90 Å². The molecule has 0 radical (unpaired) electrons. The third-order valence-electron chi connectivity index (χ3n) is 5.55. The Labute approximate surface area is 195 Å². The average molecular weight is 455 g/mol. The van der Waals surface area contributed by atoms with Crippen LogP contribution in [0.3, 0.4) is 0 Å². The minimum atomic E-state index is -0.737. The number of nitro benzene ring substituents is 2. The van der Waals surface area contributed by atoms with E-state index in [-0.39, 0.29) is 5.56 Å². The lowest BCUT2D eigenvalue weighted by Crippen LogP contribution is -2.32. The summed E-state index contributed by atoms with van der Waals surface area (Å²) in [4.78, 5) is 36.3. The Morgan fingerprint density at radius 3 is 2.00 bits per heavy atom. The molecule has 34 heavy (non-hydrogen) atoms. The fraction of sp³-hybridized carbons (Fsp3) is 0.115. The van der Waals surface area contributed by atoms with Crippen LogP contribution in [0.4, 0.5) is 17.1 Å². The van der Waals surface area contributed by atoms with Crippen LogP contribution in [0.1, 0.15) is 22.3 Å². The molecule has 4 aromatic carbocycles. The molecule has 0 saturated heterocycles. The Kier molecular flexibility index (Phi) is 6.59. The summed E-state index contributed by atoms with van der Waals surface area (Å²) in [6, 6.07) is 26.2. The first kappa shape index (κ1) is 22.6. The maximum absolute atomic E-state index is 13.6. The number of anilines is 1. The van der Waals surface area contributed by atoms with E-state index < -0.39 is 27.1 Å². The Morgan fingerprint density at radius 1 is 0.735 bits per heavy atom. The third kappa shape index (κ3) is 5.07. The van der Waals surface area contributed by atoms with Gasteiger partial charge in [0.05, 0.1) is 21.5 Å². The highest BCUT2D eigenvalue weighted by molar-refractivity contribution is 6.07. The number of carbonyl (C=O) groups is 1. The molecule has 0 atom stereocenters. The first-order chi connectivity index (χ1) is 16.4. The highest BCUT2D eigenvalue weighted by Gasteiger charge is 2.24. The fourth-order valence-corrected chi connectivity index (χ4v) is 3.86. The molecule has 0 aromatic heterocycles. The van der Waals surface area contributed by atoms with Gasteiger partial charge in [-0.15, -0.1) is 0 Å². The molecular formula is C26H21N3O5. The summed E-state index contributed by atoms with van der Waals surface area (Å²) in [7, 11) is 0. The van der Waals surface area contributed by atoms with E-state index in [9.17, 15) is 25.0 Å². The zero-order valence-corrected chi connectivity index (χ0v) is 18.2. The van der Waals surface area contributed by atoms with Crippen molar-refractivity contribution < 1.29 is 14.6 Å². The van der Waals surface area contributed by atoms with E-state index in [2.05, 4.69) is 0 Å². The van der Waals surface area contributed by atoms with Crippen molar-refractivity contribution in [1.82, 2.24) is 0 Å². The Hall–Kier alpha value is -4.59. The molecule has 0 N–H and O–H groups in total. The van der Waals surface area contributed by atoms with Crippen LogP contribution >= 0.6 is 0 Å². The van der Waals surface area contributed by atoms with Crippen molar-refractivity contribution in [3.05, 3.63) is 122 Å². The SMILES string of the molecule is O=C(c1cc([N+](=O)[O-])cc([N+](=O)[O-])c1)N(CCCc1ccccc1)c1ccc2ccccc2c1. The Morgan fingerprint density at radius 2 is 1.35 bits per heavy atom. The number of hydrogen-bond acceptors (Lipinski definition) is 5. The molecule has 170 valence electrons. The van der Waals surface area contributed by atoms with E-state index in [4.69, 9.17) is 0 Å². The fourth-order valence-electron chi connectivity index (χ4n) is 3.86. The van der Waals surface area contributed by atoms with Gasteiger partial charge in [-0.1, -0.05) is 60.7 Å². The number of amides is 1. The standard InChI is InChI=1S/C26H21N3O5/c30-26(22-16-24(28(31)32)18-25(17-22)29(33)34)27(14-6-9-19-7-2-1-3-8-19)23-13-12-20-10-4-5-11-21(20)15-23/h1-5,7-8,10-13,15-18H,6,9,14H2. The van der Waals surface area contributed by atoms with E-state index in [1.165, 1.54) is 4.90 Å². The summed E-state index contributed by atoms with van der Waals surface area (Å²) in [5.74, 6) is -0.532. The van der Waals surface area contributed by atoms with Crippen LogP contribution in [0.2, 0.25) is 0 Å². The van der Waals surface area contributed by atoms with Gasteiger partial charge >= 0.3 is 0 Å². The highest BCUT2D eigenvalue weighted by Crippen LogP contribution is 2.28. The first-order valence-corrected chi connectivity index (χ1v) is 10.7. The molecule has 0 unspecified atom stereocenters. The van der Waals surface area contributed by atoms with Crippen molar-refractivity contribution in [2.24, 2.45) is 0 Å². The maximum atomic E-state index is 13.6. The summed E-state index contributed by atoms with van der Waals surface area (Å²) in [6.45, 7) is 0.336. The van der Waals surface area contributed by atoms with Gasteiger partial charge in [-0.3, -0.25) is 25.0 Å². The monoisotopic (exact) mass is 455 g/mol. The molecule has 4 aromatic rings. The van der Waals surface area contributed by atoms with Crippen LogP contribution in [0.25, 0.3) is 10.8 Å². The lowest BCUT2D eigenvalue weighted by molar-refractivity contribution is -0.394. The van der Waals surface area contributed by atoms with Crippen LogP contribution in [0, 0.1) is 20.2 Å². The third-order valence-corrected chi connectivity index (χ3v) is 5.55. The van der Waals surface area contributed by atoms with Gasteiger partial charge in [0.15, 0.2) is 0 Å². The number of nitrogens with zero attached hydrogens (tertiary/aromatic N) is 3. The number of hydrogen-bond donors (Lipinski definition) is 0. The first-order valence-electron chi connectivity index (χ1n) is 10.7. The zero-order chi connectivity index (χ0) is 24.1. The summed E-state index contributed by atoms with van der Waals surface area (Å²) in [5, 5.41) is 24.6. The second-order valence-electron chi connectivity index (χ2n) is 7.83. The number of rotatable bonds is 8. The molecule has 0 aliphatic carbocycles. The Bertz CT molecular complexity index is 1340. The average Bonchev–Trinajstić information content (AvgIpc) is 2.86. The topological polar surface area (TPSA) is 107 Å². The van der Waals surface area contributed by atoms with Crippen LogP contribution in [-0.2, 0) is 6.42 Å². The minimum absolute atomic E-state index is 0.103. The van der Waals surface area contributed by atoms with E-state index in [1.54, 1.807) is 0 Å². The predicted octanol–water partition coefficient (Wildman–Crippen LogP) is 5.94. The van der Waals surface area contributed by atoms with Gasteiger partial charge in [0.1, 0.15) is 0 Å². The lowest BCUT2D eigenvalue weighted by atomic mass is 10.1. The zero-order valence-electron chi connectivity index (χ0n) is 18.2. The molecule has 8 heteroatoms.